The van der Waals surface area contributed by atoms with Gasteiger partial charge in [-0.15, -0.1) is 0 Å². The number of nitrogens with one attached hydrogen (secondary N) is 2. The lowest BCUT2D eigenvalue weighted by Gasteiger charge is -2.19. The number of fused-ring (bicyclic) bond motifs is 1. The van der Waals surface area contributed by atoms with Gasteiger partial charge in [0.25, 0.3) is 5.91 Å². The molecule has 2 aromatic rings. The molecule has 1 aliphatic rings. The van der Waals surface area contributed by atoms with E-state index in [0.717, 1.165) is 5.56 Å². The van der Waals surface area contributed by atoms with Gasteiger partial charge in [0, 0.05) is 17.8 Å². The van der Waals surface area contributed by atoms with Gasteiger partial charge in [0.1, 0.15) is 13.2 Å². The first kappa shape index (κ1) is 19.0. The zero-order valence-corrected chi connectivity index (χ0v) is 15.8. The summed E-state index contributed by atoms with van der Waals surface area (Å²) in [5.41, 5.74) is 1.63. The van der Waals surface area contributed by atoms with E-state index in [1.165, 1.54) is 6.07 Å². The number of carbonyl (C=O) groups excluding carboxylic acids is 1. The molecule has 2 N–H and O–H groups in total. The summed E-state index contributed by atoms with van der Waals surface area (Å²) < 4.78 is 37.2. The van der Waals surface area contributed by atoms with Crippen LogP contribution in [0.1, 0.15) is 29.3 Å². The summed E-state index contributed by atoms with van der Waals surface area (Å²) in [5, 5.41) is 2.82. The molecular weight excluding hydrogens is 368 g/mol. The van der Waals surface area contributed by atoms with E-state index in [9.17, 15) is 13.2 Å². The maximum absolute atomic E-state index is 12.4. The van der Waals surface area contributed by atoms with Crippen molar-refractivity contribution in [1.82, 2.24) is 5.32 Å². The molecule has 0 aliphatic carbocycles. The molecule has 3 rings (SSSR count). The highest BCUT2D eigenvalue weighted by Crippen LogP contribution is 2.30. The van der Waals surface area contributed by atoms with Gasteiger partial charge in [-0.05, 0) is 42.3 Å². The third kappa shape index (κ3) is 5.13. The third-order valence-corrected chi connectivity index (χ3v) is 5.42. The van der Waals surface area contributed by atoms with Gasteiger partial charge >= 0.3 is 0 Å². The molecule has 8 heteroatoms. The molecule has 0 saturated heterocycles. The Balaban J connectivity index is 1.63. The molecule has 2 aromatic carbocycles. The zero-order chi connectivity index (χ0) is 19.3. The number of carbonyl (C=O) groups is 1. The number of sulfonamides is 1. The fraction of sp³-hybridized carbons (Fsp3) is 0.316. The Morgan fingerprint density at radius 2 is 1.85 bits per heavy atom. The first-order chi connectivity index (χ1) is 13.0. The minimum atomic E-state index is -3.40. The van der Waals surface area contributed by atoms with Crippen molar-refractivity contribution in [3.05, 3.63) is 53.6 Å². The standard InChI is InChI=1S/C19H22N2O5S/c1-2-10-27(23,24)21-16-5-3-4-15(12-16)19(22)20-13-14-6-7-17-18(11-14)26-9-8-25-17/h3-7,11-12,21H,2,8-10,13H2,1H3,(H,20,22). The number of ether oxygens (including phenoxy) is 2. The third-order valence-electron chi connectivity index (χ3n) is 3.93. The molecule has 1 amide bonds. The van der Waals surface area contributed by atoms with E-state index >= 15 is 0 Å². The topological polar surface area (TPSA) is 93.7 Å². The summed E-state index contributed by atoms with van der Waals surface area (Å²) in [4.78, 5) is 12.4. The second-order valence-electron chi connectivity index (χ2n) is 6.16. The predicted molar refractivity (Wildman–Crippen MR) is 103 cm³/mol. The Kier molecular flexibility index (Phi) is 5.85. The van der Waals surface area contributed by atoms with Crippen molar-refractivity contribution in [3.8, 4) is 11.5 Å². The Bertz CT molecular complexity index is 927. The highest BCUT2D eigenvalue weighted by molar-refractivity contribution is 7.92. The zero-order valence-electron chi connectivity index (χ0n) is 15.0. The average Bonchev–Trinajstić information content (AvgIpc) is 2.65. The Morgan fingerprint density at radius 3 is 2.63 bits per heavy atom. The number of hydrogen-bond donors (Lipinski definition) is 2. The lowest BCUT2D eigenvalue weighted by atomic mass is 10.1. The number of hydrogen-bond acceptors (Lipinski definition) is 5. The summed E-state index contributed by atoms with van der Waals surface area (Å²) in [6.07, 6.45) is 0.519. The van der Waals surface area contributed by atoms with Crippen molar-refractivity contribution in [2.45, 2.75) is 19.9 Å². The van der Waals surface area contributed by atoms with Crippen LogP contribution in [0.4, 0.5) is 5.69 Å². The van der Waals surface area contributed by atoms with E-state index < -0.39 is 10.0 Å². The average molecular weight is 390 g/mol. The summed E-state index contributed by atoms with van der Waals surface area (Å²) in [7, 11) is -3.40. The van der Waals surface area contributed by atoms with Crippen molar-refractivity contribution in [3.63, 3.8) is 0 Å². The van der Waals surface area contributed by atoms with Gasteiger partial charge in [-0.1, -0.05) is 19.1 Å². The monoisotopic (exact) mass is 390 g/mol. The van der Waals surface area contributed by atoms with Crippen LogP contribution in [0.5, 0.6) is 11.5 Å². The number of amides is 1. The molecule has 144 valence electrons. The Labute approximate surface area is 158 Å². The molecule has 0 bridgehead atoms. The largest absolute Gasteiger partial charge is 0.486 e. The molecule has 27 heavy (non-hydrogen) atoms. The van der Waals surface area contributed by atoms with Gasteiger partial charge in [-0.25, -0.2) is 8.42 Å². The first-order valence-electron chi connectivity index (χ1n) is 8.74. The number of benzene rings is 2. The van der Waals surface area contributed by atoms with Gasteiger partial charge in [0.15, 0.2) is 11.5 Å². The predicted octanol–water partition coefficient (Wildman–Crippen LogP) is 2.54. The Hall–Kier alpha value is -2.74. The van der Waals surface area contributed by atoms with Gasteiger partial charge in [0.05, 0.1) is 5.75 Å². The van der Waals surface area contributed by atoms with E-state index in [0.29, 0.717) is 48.9 Å². The van der Waals surface area contributed by atoms with Crippen LogP contribution in [0.2, 0.25) is 0 Å². The molecule has 0 unspecified atom stereocenters. The maximum atomic E-state index is 12.4. The van der Waals surface area contributed by atoms with Crippen molar-refractivity contribution in [2.75, 3.05) is 23.7 Å². The quantitative estimate of drug-likeness (QED) is 0.758. The van der Waals surface area contributed by atoms with Crippen LogP contribution in [0, 0.1) is 0 Å². The summed E-state index contributed by atoms with van der Waals surface area (Å²) in [5.74, 6) is 1.11. The molecule has 0 saturated carbocycles. The fourth-order valence-corrected chi connectivity index (χ4v) is 3.83. The molecule has 0 atom stereocenters. The van der Waals surface area contributed by atoms with Gasteiger partial charge in [0.2, 0.25) is 10.0 Å². The number of anilines is 1. The van der Waals surface area contributed by atoms with Crippen LogP contribution in [-0.2, 0) is 16.6 Å². The Morgan fingerprint density at radius 1 is 1.07 bits per heavy atom. The molecular formula is C19H22N2O5S. The van der Waals surface area contributed by atoms with Crippen LogP contribution >= 0.6 is 0 Å². The molecule has 7 nitrogen and oxygen atoms in total. The second-order valence-corrected chi connectivity index (χ2v) is 8.00. The SMILES string of the molecule is CCCS(=O)(=O)Nc1cccc(C(=O)NCc2ccc3c(c2)OCCO3)c1. The first-order valence-corrected chi connectivity index (χ1v) is 10.4. The minimum absolute atomic E-state index is 0.0353. The van der Waals surface area contributed by atoms with Gasteiger partial charge in [-0.2, -0.15) is 0 Å². The van der Waals surface area contributed by atoms with Crippen molar-refractivity contribution >= 4 is 21.6 Å². The van der Waals surface area contributed by atoms with Crippen LogP contribution in [0.15, 0.2) is 42.5 Å². The lowest BCUT2D eigenvalue weighted by molar-refractivity contribution is 0.0951. The molecule has 0 fully saturated rings. The normalized spacial score (nSPS) is 13.1. The van der Waals surface area contributed by atoms with Crippen LogP contribution in [0.3, 0.4) is 0 Å². The number of rotatable bonds is 7. The van der Waals surface area contributed by atoms with Gasteiger partial charge < -0.3 is 14.8 Å². The second kappa shape index (κ2) is 8.30. The van der Waals surface area contributed by atoms with E-state index in [-0.39, 0.29) is 11.7 Å². The van der Waals surface area contributed by atoms with Crippen LogP contribution in [0.25, 0.3) is 0 Å². The van der Waals surface area contributed by atoms with Crippen LogP contribution in [-0.4, -0.2) is 33.3 Å². The fourth-order valence-electron chi connectivity index (χ4n) is 2.71. The highest BCUT2D eigenvalue weighted by Gasteiger charge is 2.13. The van der Waals surface area contributed by atoms with Gasteiger partial charge in [-0.3, -0.25) is 9.52 Å². The molecule has 1 aliphatic heterocycles. The summed E-state index contributed by atoms with van der Waals surface area (Å²) in [6.45, 7) is 3.15. The summed E-state index contributed by atoms with van der Waals surface area (Å²) >= 11 is 0. The van der Waals surface area contributed by atoms with Crippen molar-refractivity contribution in [2.24, 2.45) is 0 Å². The van der Waals surface area contributed by atoms with Crippen molar-refractivity contribution in [1.29, 1.82) is 0 Å². The minimum Gasteiger partial charge on any atom is -0.486 e. The molecule has 0 aromatic heterocycles. The van der Waals surface area contributed by atoms with E-state index in [1.807, 2.05) is 18.2 Å². The smallest absolute Gasteiger partial charge is 0.251 e. The molecule has 0 spiro atoms. The van der Waals surface area contributed by atoms with Crippen molar-refractivity contribution < 1.29 is 22.7 Å². The molecule has 1 heterocycles. The highest BCUT2D eigenvalue weighted by atomic mass is 32.2. The summed E-state index contributed by atoms with van der Waals surface area (Å²) in [6, 6.07) is 11.9. The van der Waals surface area contributed by atoms with E-state index in [1.54, 1.807) is 25.1 Å². The van der Waals surface area contributed by atoms with E-state index in [4.69, 9.17) is 9.47 Å². The van der Waals surface area contributed by atoms with E-state index in [2.05, 4.69) is 10.0 Å². The maximum Gasteiger partial charge on any atom is 0.251 e. The van der Waals surface area contributed by atoms with Crippen LogP contribution < -0.4 is 19.5 Å². The lowest BCUT2D eigenvalue weighted by Crippen LogP contribution is -2.23. The molecule has 0 radical (unpaired) electrons.